The van der Waals surface area contributed by atoms with Gasteiger partial charge in [0.2, 0.25) is 5.78 Å². The fourth-order valence-corrected chi connectivity index (χ4v) is 6.97. The third-order valence-corrected chi connectivity index (χ3v) is 9.91. The zero-order valence-corrected chi connectivity index (χ0v) is 22.7. The number of carbonyl (C=O) groups excluding carboxylic acids is 2. The lowest BCUT2D eigenvalue weighted by molar-refractivity contribution is -0.149. The molecule has 7 heteroatoms. The number of aromatic nitrogens is 1. The summed E-state index contributed by atoms with van der Waals surface area (Å²) in [6.07, 6.45) is 8.78. The Labute approximate surface area is 216 Å². The third-order valence-electron chi connectivity index (χ3n) is 7.58. The lowest BCUT2D eigenvalue weighted by atomic mass is 9.84. The van der Waals surface area contributed by atoms with Gasteiger partial charge in [-0.05, 0) is 68.6 Å². The van der Waals surface area contributed by atoms with Crippen LogP contribution in [0.15, 0.2) is 54.9 Å². The molecule has 0 saturated carbocycles. The first-order chi connectivity index (χ1) is 17.1. The second-order valence-electron chi connectivity index (χ2n) is 10.6. The highest BCUT2D eigenvalue weighted by Crippen LogP contribution is 2.28. The number of nitrogens with zero attached hydrogens (tertiary/aromatic N) is 2. The van der Waals surface area contributed by atoms with Gasteiger partial charge in [-0.15, -0.1) is 0 Å². The van der Waals surface area contributed by atoms with Crippen LogP contribution in [-0.2, 0) is 32.3 Å². The minimum Gasteiger partial charge on any atom is -0.332 e. The Morgan fingerprint density at radius 3 is 2.44 bits per heavy atom. The van der Waals surface area contributed by atoms with E-state index in [1.54, 1.807) is 20.0 Å². The molecule has 0 spiro atoms. The summed E-state index contributed by atoms with van der Waals surface area (Å²) in [5.74, 6) is -1.03. The van der Waals surface area contributed by atoms with Crippen LogP contribution in [0, 0.1) is 5.41 Å². The van der Waals surface area contributed by atoms with Crippen molar-refractivity contribution in [2.75, 3.05) is 12.3 Å². The van der Waals surface area contributed by atoms with Crippen molar-refractivity contribution in [1.82, 2.24) is 9.88 Å². The number of aryl methyl sites for hydroxylation is 2. The van der Waals surface area contributed by atoms with Crippen molar-refractivity contribution in [2.45, 2.75) is 83.4 Å². The van der Waals surface area contributed by atoms with E-state index in [2.05, 4.69) is 4.98 Å². The topological polar surface area (TPSA) is 84.4 Å². The van der Waals surface area contributed by atoms with Crippen LogP contribution in [0.5, 0.6) is 0 Å². The predicted molar refractivity (Wildman–Crippen MR) is 143 cm³/mol. The molecule has 1 fully saturated rings. The number of ketones is 1. The van der Waals surface area contributed by atoms with E-state index in [4.69, 9.17) is 0 Å². The van der Waals surface area contributed by atoms with Crippen LogP contribution in [0.2, 0.25) is 0 Å². The van der Waals surface area contributed by atoms with E-state index in [1.165, 1.54) is 4.90 Å². The number of benzene rings is 1. The van der Waals surface area contributed by atoms with Gasteiger partial charge in [-0.1, -0.05) is 57.2 Å². The number of pyridine rings is 1. The zero-order chi connectivity index (χ0) is 26.2. The van der Waals surface area contributed by atoms with Gasteiger partial charge < -0.3 is 4.90 Å². The van der Waals surface area contributed by atoms with Crippen LogP contribution in [0.4, 0.5) is 0 Å². The Morgan fingerprint density at radius 2 is 1.78 bits per heavy atom. The van der Waals surface area contributed by atoms with Gasteiger partial charge in [-0.25, -0.2) is 8.42 Å². The Morgan fingerprint density at radius 1 is 1.06 bits per heavy atom. The van der Waals surface area contributed by atoms with E-state index in [0.29, 0.717) is 38.6 Å². The predicted octanol–water partition coefficient (Wildman–Crippen LogP) is 4.82. The molecule has 0 aliphatic carbocycles. The number of carbonyl (C=O) groups is 2. The molecule has 6 nitrogen and oxygen atoms in total. The summed E-state index contributed by atoms with van der Waals surface area (Å²) < 4.78 is 27.4. The van der Waals surface area contributed by atoms with Crippen molar-refractivity contribution < 1.29 is 18.0 Å². The van der Waals surface area contributed by atoms with Crippen molar-refractivity contribution in [2.24, 2.45) is 5.41 Å². The van der Waals surface area contributed by atoms with Crippen LogP contribution >= 0.6 is 0 Å². The molecule has 196 valence electrons. The molecule has 0 bridgehead atoms. The van der Waals surface area contributed by atoms with Crippen LogP contribution in [0.1, 0.15) is 70.4 Å². The molecule has 1 saturated heterocycles. The normalized spacial score (nSPS) is 17.2. The molecule has 2 aromatic rings. The summed E-state index contributed by atoms with van der Waals surface area (Å²) in [6, 6.07) is 13.4. The van der Waals surface area contributed by atoms with Crippen LogP contribution in [0.3, 0.4) is 0 Å². The van der Waals surface area contributed by atoms with E-state index in [9.17, 15) is 18.0 Å². The number of rotatable bonds is 13. The van der Waals surface area contributed by atoms with Gasteiger partial charge >= 0.3 is 0 Å². The summed E-state index contributed by atoms with van der Waals surface area (Å²) in [4.78, 5) is 31.5. The van der Waals surface area contributed by atoms with Crippen molar-refractivity contribution in [3.8, 4) is 0 Å². The second-order valence-corrected chi connectivity index (χ2v) is 12.9. The molecule has 36 heavy (non-hydrogen) atoms. The molecule has 1 aromatic heterocycles. The molecule has 1 unspecified atom stereocenters. The molecule has 3 rings (SSSR count). The van der Waals surface area contributed by atoms with Crippen LogP contribution in [-0.4, -0.2) is 53.6 Å². The molecule has 1 amide bonds. The SMILES string of the molecule is CCC(C)(C)C(=O)C(=O)N1CCC[C@H]1CS(=O)(=O)C(CCCc1cccnc1)CCc1ccccc1. The molecular formula is C29H40N2O4S. The minimum atomic E-state index is -3.48. The molecule has 1 aliphatic rings. The van der Waals surface area contributed by atoms with Gasteiger partial charge in [0.25, 0.3) is 5.91 Å². The number of amides is 1. The smallest absolute Gasteiger partial charge is 0.290 e. The molecule has 0 N–H and O–H groups in total. The highest BCUT2D eigenvalue weighted by atomic mass is 32.2. The largest absolute Gasteiger partial charge is 0.332 e. The summed E-state index contributed by atoms with van der Waals surface area (Å²) in [5.41, 5.74) is 1.48. The first-order valence-electron chi connectivity index (χ1n) is 13.1. The van der Waals surface area contributed by atoms with Gasteiger partial charge in [-0.3, -0.25) is 14.6 Å². The summed E-state index contributed by atoms with van der Waals surface area (Å²) in [7, 11) is -3.48. The monoisotopic (exact) mass is 512 g/mol. The summed E-state index contributed by atoms with van der Waals surface area (Å²) in [6.45, 7) is 5.88. The van der Waals surface area contributed by atoms with E-state index in [0.717, 1.165) is 30.4 Å². The lowest BCUT2D eigenvalue weighted by Gasteiger charge is -2.29. The quantitative estimate of drug-likeness (QED) is 0.359. The summed E-state index contributed by atoms with van der Waals surface area (Å²) >= 11 is 0. The lowest BCUT2D eigenvalue weighted by Crippen LogP contribution is -2.47. The minimum absolute atomic E-state index is 0.0784. The van der Waals surface area contributed by atoms with Crippen molar-refractivity contribution in [3.05, 3.63) is 66.0 Å². The molecule has 2 heterocycles. The zero-order valence-electron chi connectivity index (χ0n) is 21.9. The maximum Gasteiger partial charge on any atom is 0.290 e. The van der Waals surface area contributed by atoms with Crippen molar-refractivity contribution >= 4 is 21.5 Å². The highest BCUT2D eigenvalue weighted by molar-refractivity contribution is 7.92. The van der Waals surface area contributed by atoms with E-state index < -0.39 is 38.2 Å². The van der Waals surface area contributed by atoms with Gasteiger partial charge in [0.05, 0.1) is 11.0 Å². The second kappa shape index (κ2) is 12.6. The van der Waals surface area contributed by atoms with Gasteiger partial charge in [0.1, 0.15) is 0 Å². The average molecular weight is 513 g/mol. The Bertz CT molecular complexity index is 1100. The summed E-state index contributed by atoms with van der Waals surface area (Å²) in [5, 5.41) is -0.491. The molecular weight excluding hydrogens is 472 g/mol. The fraction of sp³-hybridized carbons (Fsp3) is 0.552. The van der Waals surface area contributed by atoms with Crippen molar-refractivity contribution in [1.29, 1.82) is 0 Å². The third kappa shape index (κ3) is 7.48. The van der Waals surface area contributed by atoms with E-state index in [-0.39, 0.29) is 5.75 Å². The first kappa shape index (κ1) is 28.0. The average Bonchev–Trinajstić information content (AvgIpc) is 3.33. The van der Waals surface area contributed by atoms with E-state index in [1.807, 2.05) is 55.6 Å². The number of Topliss-reactive ketones (excluding diaryl/α,β-unsaturated/α-hetero) is 1. The number of hydrogen-bond donors (Lipinski definition) is 0. The van der Waals surface area contributed by atoms with Crippen LogP contribution < -0.4 is 0 Å². The molecule has 2 atom stereocenters. The Hall–Kier alpha value is -2.54. The fourth-order valence-electron chi connectivity index (χ4n) is 4.82. The molecule has 0 radical (unpaired) electrons. The van der Waals surface area contributed by atoms with Crippen molar-refractivity contribution in [3.63, 3.8) is 0 Å². The maximum absolute atomic E-state index is 13.7. The van der Waals surface area contributed by atoms with Gasteiger partial charge in [0, 0.05) is 30.4 Å². The Balaban J connectivity index is 1.71. The highest BCUT2D eigenvalue weighted by Gasteiger charge is 2.41. The number of likely N-dealkylation sites (tertiary alicyclic amines) is 1. The first-order valence-corrected chi connectivity index (χ1v) is 14.9. The standard InChI is InChI=1S/C29H40N2O4S/c1-4-29(2,3)27(32)28(33)31-20-10-15-25(31)22-36(34,35)26(18-17-23-11-6-5-7-12-23)16-8-13-24-14-9-19-30-21-24/h5-7,9,11-12,14,19,21,25-26H,4,8,10,13,15-18,20,22H2,1-3H3/t25-,26?/m0/s1. The van der Waals surface area contributed by atoms with Gasteiger partial charge in [0.15, 0.2) is 9.84 Å². The maximum atomic E-state index is 13.7. The number of sulfone groups is 1. The number of hydrogen-bond acceptors (Lipinski definition) is 5. The Kier molecular flexibility index (Phi) is 9.83. The molecule has 1 aromatic carbocycles. The van der Waals surface area contributed by atoms with Gasteiger partial charge in [-0.2, -0.15) is 0 Å². The van der Waals surface area contributed by atoms with E-state index >= 15 is 0 Å². The van der Waals surface area contributed by atoms with Crippen LogP contribution in [0.25, 0.3) is 0 Å². The molecule has 1 aliphatic heterocycles.